The van der Waals surface area contributed by atoms with Crippen molar-refractivity contribution >= 4 is 23.1 Å². The maximum atomic E-state index is 5.85. The van der Waals surface area contributed by atoms with Crippen molar-refractivity contribution < 1.29 is 0 Å². The monoisotopic (exact) mass is 255 g/mol. The Labute approximate surface area is 109 Å². The van der Waals surface area contributed by atoms with Crippen molar-refractivity contribution in [2.75, 3.05) is 17.6 Å². The molecule has 1 aromatic rings. The highest BCUT2D eigenvalue weighted by molar-refractivity contribution is 6.29. The molecule has 0 amide bonds. The summed E-state index contributed by atoms with van der Waals surface area (Å²) in [4.78, 5) is 4.19. The zero-order valence-electron chi connectivity index (χ0n) is 11.0. The molecule has 0 aliphatic heterocycles. The van der Waals surface area contributed by atoms with Gasteiger partial charge in [-0.1, -0.05) is 39.3 Å². The summed E-state index contributed by atoms with van der Waals surface area (Å²) in [6, 6.07) is 3.47. The lowest BCUT2D eigenvalue weighted by molar-refractivity contribution is 0.304. The first-order valence-electron chi connectivity index (χ1n) is 6.07. The van der Waals surface area contributed by atoms with E-state index in [4.69, 9.17) is 17.3 Å². The van der Waals surface area contributed by atoms with Crippen LogP contribution in [0.5, 0.6) is 0 Å². The van der Waals surface area contributed by atoms with Crippen LogP contribution < -0.4 is 11.1 Å². The number of nitrogens with zero attached hydrogens (tertiary/aromatic N) is 1. The van der Waals surface area contributed by atoms with E-state index in [-0.39, 0.29) is 0 Å². The van der Waals surface area contributed by atoms with Crippen molar-refractivity contribution in [1.29, 1.82) is 0 Å². The highest BCUT2D eigenvalue weighted by Crippen LogP contribution is 2.23. The van der Waals surface area contributed by atoms with E-state index in [1.165, 1.54) is 0 Å². The summed E-state index contributed by atoms with van der Waals surface area (Å²) in [5, 5.41) is 3.76. The number of hydrogen-bond acceptors (Lipinski definition) is 3. The molecule has 0 bridgehead atoms. The van der Waals surface area contributed by atoms with Crippen molar-refractivity contribution in [2.24, 2.45) is 17.8 Å². The molecule has 0 aromatic carbocycles. The quantitative estimate of drug-likeness (QED) is 0.790. The standard InChI is InChI=1S/C13H22ClN3/c1-8(2)10(9(3)4)7-16-13-11(15)5-6-12(14)17-13/h5-6,8-10H,7,15H2,1-4H3,(H,16,17). The van der Waals surface area contributed by atoms with Crippen molar-refractivity contribution in [1.82, 2.24) is 4.98 Å². The number of halogens is 1. The smallest absolute Gasteiger partial charge is 0.150 e. The van der Waals surface area contributed by atoms with Crippen molar-refractivity contribution in [3.8, 4) is 0 Å². The van der Waals surface area contributed by atoms with E-state index in [1.807, 2.05) is 0 Å². The number of rotatable bonds is 5. The molecule has 3 N–H and O–H groups in total. The van der Waals surface area contributed by atoms with E-state index in [0.717, 1.165) is 6.54 Å². The third-order valence-corrected chi connectivity index (χ3v) is 3.32. The van der Waals surface area contributed by atoms with Crippen molar-refractivity contribution in [3.05, 3.63) is 17.3 Å². The van der Waals surface area contributed by atoms with E-state index >= 15 is 0 Å². The van der Waals surface area contributed by atoms with Gasteiger partial charge in [0.25, 0.3) is 0 Å². The number of aromatic nitrogens is 1. The molecule has 0 saturated carbocycles. The SMILES string of the molecule is CC(C)C(CNc1nc(Cl)ccc1N)C(C)C. The van der Waals surface area contributed by atoms with Crippen LogP contribution in [0.3, 0.4) is 0 Å². The van der Waals surface area contributed by atoms with Crippen LogP contribution in [0.4, 0.5) is 11.5 Å². The Morgan fingerprint density at radius 1 is 1.24 bits per heavy atom. The molecule has 0 saturated heterocycles. The molecule has 0 spiro atoms. The van der Waals surface area contributed by atoms with Crippen molar-refractivity contribution in [2.45, 2.75) is 27.7 Å². The fourth-order valence-corrected chi connectivity index (χ4v) is 2.19. The van der Waals surface area contributed by atoms with Crippen LogP contribution in [0.2, 0.25) is 5.15 Å². The molecular formula is C13H22ClN3. The van der Waals surface area contributed by atoms with Crippen LogP contribution in [0.15, 0.2) is 12.1 Å². The molecule has 1 heterocycles. The largest absolute Gasteiger partial charge is 0.396 e. The first-order chi connectivity index (χ1) is 7.91. The highest BCUT2D eigenvalue weighted by Gasteiger charge is 2.17. The molecule has 4 heteroatoms. The van der Waals surface area contributed by atoms with Crippen molar-refractivity contribution in [3.63, 3.8) is 0 Å². The minimum absolute atomic E-state index is 0.465. The number of hydrogen-bond donors (Lipinski definition) is 2. The summed E-state index contributed by atoms with van der Waals surface area (Å²) in [6.45, 7) is 9.82. The van der Waals surface area contributed by atoms with Gasteiger partial charge in [0.05, 0.1) is 5.69 Å². The molecule has 96 valence electrons. The molecule has 0 unspecified atom stereocenters. The molecule has 17 heavy (non-hydrogen) atoms. The first-order valence-corrected chi connectivity index (χ1v) is 6.45. The van der Waals surface area contributed by atoms with Crippen LogP contribution in [0.25, 0.3) is 0 Å². The topological polar surface area (TPSA) is 50.9 Å². The fraction of sp³-hybridized carbons (Fsp3) is 0.615. The number of nitrogens with one attached hydrogen (secondary N) is 1. The van der Waals surface area contributed by atoms with Crippen LogP contribution in [-0.4, -0.2) is 11.5 Å². The van der Waals surface area contributed by atoms with Gasteiger partial charge in [0.15, 0.2) is 5.82 Å². The molecule has 1 aromatic heterocycles. The van der Waals surface area contributed by atoms with Gasteiger partial charge in [-0.05, 0) is 29.9 Å². The van der Waals surface area contributed by atoms with E-state index in [9.17, 15) is 0 Å². The Balaban J connectivity index is 2.68. The lowest BCUT2D eigenvalue weighted by atomic mass is 9.85. The molecule has 3 nitrogen and oxygen atoms in total. The summed E-state index contributed by atoms with van der Waals surface area (Å²) in [5.74, 6) is 2.53. The van der Waals surface area contributed by atoms with Gasteiger partial charge in [-0.25, -0.2) is 4.98 Å². The van der Waals surface area contributed by atoms with Gasteiger partial charge >= 0.3 is 0 Å². The summed E-state index contributed by atoms with van der Waals surface area (Å²) < 4.78 is 0. The van der Waals surface area contributed by atoms with Gasteiger partial charge < -0.3 is 11.1 Å². The normalized spacial score (nSPS) is 11.5. The molecule has 0 atom stereocenters. The van der Waals surface area contributed by atoms with Crippen LogP contribution in [0.1, 0.15) is 27.7 Å². The molecule has 0 aliphatic rings. The Kier molecular flexibility index (Phi) is 5.06. The van der Waals surface area contributed by atoms with E-state index in [2.05, 4.69) is 38.0 Å². The third-order valence-electron chi connectivity index (χ3n) is 3.11. The summed E-state index contributed by atoms with van der Waals surface area (Å²) >= 11 is 5.85. The number of nitrogens with two attached hydrogens (primary N) is 1. The highest BCUT2D eigenvalue weighted by atomic mass is 35.5. The van der Waals surface area contributed by atoms with Gasteiger partial charge in [-0.3, -0.25) is 0 Å². The maximum absolute atomic E-state index is 5.85. The average molecular weight is 256 g/mol. The van der Waals surface area contributed by atoms with Gasteiger partial charge in [0, 0.05) is 6.54 Å². The summed E-state index contributed by atoms with van der Waals surface area (Å²) in [6.07, 6.45) is 0. The second-order valence-electron chi connectivity index (χ2n) is 5.10. The Bertz CT molecular complexity index is 356. The molecule has 0 aliphatic carbocycles. The Hall–Kier alpha value is -0.960. The van der Waals surface area contributed by atoms with Crippen LogP contribution >= 0.6 is 11.6 Å². The van der Waals surface area contributed by atoms with E-state index in [1.54, 1.807) is 12.1 Å². The summed E-state index contributed by atoms with van der Waals surface area (Å²) in [5.41, 5.74) is 6.48. The number of anilines is 2. The van der Waals surface area contributed by atoms with Gasteiger partial charge in [0.1, 0.15) is 5.15 Å². The average Bonchev–Trinajstić information content (AvgIpc) is 2.22. The zero-order chi connectivity index (χ0) is 13.0. The second-order valence-corrected chi connectivity index (χ2v) is 5.49. The van der Waals surface area contributed by atoms with Gasteiger partial charge in [-0.2, -0.15) is 0 Å². The van der Waals surface area contributed by atoms with Gasteiger partial charge in [0.2, 0.25) is 0 Å². The summed E-state index contributed by atoms with van der Waals surface area (Å²) in [7, 11) is 0. The number of nitrogen functional groups attached to an aromatic ring is 1. The third kappa shape index (κ3) is 4.08. The molecule has 1 rings (SSSR count). The van der Waals surface area contributed by atoms with E-state index in [0.29, 0.717) is 34.4 Å². The maximum Gasteiger partial charge on any atom is 0.150 e. The zero-order valence-corrected chi connectivity index (χ0v) is 11.8. The van der Waals surface area contributed by atoms with Crippen LogP contribution in [0, 0.1) is 17.8 Å². The predicted octanol–water partition coefficient (Wildman–Crippen LogP) is 3.66. The lowest BCUT2D eigenvalue weighted by Gasteiger charge is -2.25. The lowest BCUT2D eigenvalue weighted by Crippen LogP contribution is -2.25. The number of pyridine rings is 1. The molecular weight excluding hydrogens is 234 g/mol. The minimum atomic E-state index is 0.465. The van der Waals surface area contributed by atoms with E-state index < -0.39 is 0 Å². The second kappa shape index (κ2) is 6.10. The molecule has 0 radical (unpaired) electrons. The fourth-order valence-electron chi connectivity index (χ4n) is 2.04. The first kappa shape index (κ1) is 14.1. The predicted molar refractivity (Wildman–Crippen MR) is 75.3 cm³/mol. The minimum Gasteiger partial charge on any atom is -0.396 e. The van der Waals surface area contributed by atoms with Gasteiger partial charge in [-0.15, -0.1) is 0 Å². The Morgan fingerprint density at radius 3 is 2.35 bits per heavy atom. The van der Waals surface area contributed by atoms with Crippen LogP contribution in [-0.2, 0) is 0 Å². The molecule has 0 fully saturated rings. The Morgan fingerprint density at radius 2 is 1.82 bits per heavy atom.